The lowest BCUT2D eigenvalue weighted by molar-refractivity contribution is -0.118. The zero-order chi connectivity index (χ0) is 19.1. The van der Waals surface area contributed by atoms with Crippen LogP contribution in [0.5, 0.6) is 0 Å². The van der Waals surface area contributed by atoms with Gasteiger partial charge in [-0.05, 0) is 25.0 Å². The molecule has 0 fully saturated rings. The lowest BCUT2D eigenvalue weighted by Gasteiger charge is -2.06. The van der Waals surface area contributed by atoms with Gasteiger partial charge in [-0.2, -0.15) is 5.10 Å². The van der Waals surface area contributed by atoms with Crippen LogP contribution in [0, 0.1) is 6.92 Å². The normalized spacial score (nSPS) is 11.0. The van der Waals surface area contributed by atoms with Gasteiger partial charge in [0.15, 0.2) is 11.0 Å². The molecule has 0 aliphatic heterocycles. The summed E-state index contributed by atoms with van der Waals surface area (Å²) in [6.45, 7) is 4.76. The number of carbonyl (C=O) groups excluding carboxylic acids is 1. The number of hydrogen-bond acceptors (Lipinski definition) is 5. The van der Waals surface area contributed by atoms with Crippen LogP contribution in [-0.4, -0.2) is 32.6 Å². The molecule has 3 rings (SSSR count). The molecule has 0 aliphatic rings. The lowest BCUT2D eigenvalue weighted by atomic mass is 10.1. The molecule has 7 heteroatoms. The molecule has 3 aromatic rings. The van der Waals surface area contributed by atoms with E-state index in [9.17, 15) is 4.79 Å². The van der Waals surface area contributed by atoms with Gasteiger partial charge in [-0.3, -0.25) is 4.79 Å². The minimum Gasteiger partial charge on any atom is -0.302 e. The molecule has 2 aromatic carbocycles. The maximum Gasteiger partial charge on any atom is 0.250 e. The summed E-state index contributed by atoms with van der Waals surface area (Å²) >= 11 is 1.35. The highest BCUT2D eigenvalue weighted by Gasteiger charge is 2.14. The van der Waals surface area contributed by atoms with E-state index < -0.39 is 0 Å². The summed E-state index contributed by atoms with van der Waals surface area (Å²) < 4.78 is 2.00. The molecule has 0 unspecified atom stereocenters. The Morgan fingerprint density at radius 2 is 1.89 bits per heavy atom. The largest absolute Gasteiger partial charge is 0.302 e. The fourth-order valence-electron chi connectivity index (χ4n) is 2.55. The molecule has 1 amide bonds. The molecule has 0 bridgehead atoms. The summed E-state index contributed by atoms with van der Waals surface area (Å²) in [4.78, 5) is 12.1. The fourth-order valence-corrected chi connectivity index (χ4v) is 3.34. The third-order valence-corrected chi connectivity index (χ3v) is 4.95. The van der Waals surface area contributed by atoms with E-state index in [1.54, 1.807) is 6.21 Å². The smallest absolute Gasteiger partial charge is 0.250 e. The van der Waals surface area contributed by atoms with Gasteiger partial charge >= 0.3 is 0 Å². The number of amides is 1. The Morgan fingerprint density at radius 1 is 1.15 bits per heavy atom. The van der Waals surface area contributed by atoms with Gasteiger partial charge in [0.1, 0.15) is 0 Å². The van der Waals surface area contributed by atoms with Gasteiger partial charge in [0.2, 0.25) is 0 Å². The van der Waals surface area contributed by atoms with Gasteiger partial charge in [0.05, 0.1) is 12.0 Å². The minimum absolute atomic E-state index is 0.184. The third-order valence-electron chi connectivity index (χ3n) is 3.98. The molecule has 1 N–H and O–H groups in total. The maximum absolute atomic E-state index is 12.1. The van der Waals surface area contributed by atoms with Crippen LogP contribution in [0.1, 0.15) is 18.1 Å². The monoisotopic (exact) mass is 379 g/mol. The standard InChI is InChI=1S/C20H21N5OS/c1-3-25-19(16-10-5-4-6-11-16)23-24-20(25)27-14-18(26)22-21-13-17-12-8-7-9-15(17)2/h4-13H,3,14H2,1-2H3,(H,22,26)/b21-13-. The van der Waals surface area contributed by atoms with Crippen LogP contribution in [0.4, 0.5) is 0 Å². The summed E-state index contributed by atoms with van der Waals surface area (Å²) in [6, 6.07) is 17.8. The molecule has 1 heterocycles. The number of benzene rings is 2. The predicted octanol–water partition coefficient (Wildman–Crippen LogP) is 3.52. The van der Waals surface area contributed by atoms with E-state index in [1.165, 1.54) is 11.8 Å². The topological polar surface area (TPSA) is 72.2 Å². The lowest BCUT2D eigenvalue weighted by Crippen LogP contribution is -2.20. The second kappa shape index (κ2) is 9.14. The summed E-state index contributed by atoms with van der Waals surface area (Å²) in [6.07, 6.45) is 1.65. The Bertz CT molecular complexity index is 937. The summed E-state index contributed by atoms with van der Waals surface area (Å²) in [5, 5.41) is 13.3. The first-order valence-electron chi connectivity index (χ1n) is 8.68. The number of nitrogens with zero attached hydrogens (tertiary/aromatic N) is 4. The Labute approximate surface area is 162 Å². The van der Waals surface area contributed by atoms with Crippen molar-refractivity contribution < 1.29 is 4.79 Å². The average molecular weight is 379 g/mol. The molecule has 27 heavy (non-hydrogen) atoms. The van der Waals surface area contributed by atoms with E-state index in [2.05, 4.69) is 20.7 Å². The molecule has 0 aliphatic carbocycles. The highest BCUT2D eigenvalue weighted by Crippen LogP contribution is 2.23. The predicted molar refractivity (Wildman–Crippen MR) is 109 cm³/mol. The van der Waals surface area contributed by atoms with Gasteiger partial charge in [0, 0.05) is 12.1 Å². The van der Waals surface area contributed by atoms with E-state index in [-0.39, 0.29) is 11.7 Å². The number of nitrogens with one attached hydrogen (secondary N) is 1. The Morgan fingerprint density at radius 3 is 2.63 bits per heavy atom. The fraction of sp³-hybridized carbons (Fsp3) is 0.200. The van der Waals surface area contributed by atoms with Crippen molar-refractivity contribution in [3.05, 3.63) is 65.7 Å². The van der Waals surface area contributed by atoms with Gasteiger partial charge in [0.25, 0.3) is 5.91 Å². The Hall–Kier alpha value is -2.93. The van der Waals surface area contributed by atoms with Crippen LogP contribution in [0.3, 0.4) is 0 Å². The van der Waals surface area contributed by atoms with Crippen LogP contribution in [-0.2, 0) is 11.3 Å². The Kier molecular flexibility index (Phi) is 6.38. The second-order valence-corrected chi connectivity index (χ2v) is 6.80. The molecule has 0 atom stereocenters. The van der Waals surface area contributed by atoms with Crippen LogP contribution < -0.4 is 5.43 Å². The van der Waals surface area contributed by atoms with Crippen molar-refractivity contribution in [1.29, 1.82) is 0 Å². The van der Waals surface area contributed by atoms with Gasteiger partial charge in [-0.1, -0.05) is 66.4 Å². The van der Waals surface area contributed by atoms with Gasteiger partial charge in [-0.25, -0.2) is 5.43 Å². The van der Waals surface area contributed by atoms with Crippen molar-refractivity contribution in [1.82, 2.24) is 20.2 Å². The molecular formula is C20H21N5OS. The number of aromatic nitrogens is 3. The van der Waals surface area contributed by atoms with E-state index >= 15 is 0 Å². The molecule has 1 aromatic heterocycles. The van der Waals surface area contributed by atoms with Crippen molar-refractivity contribution in [2.45, 2.75) is 25.5 Å². The van der Waals surface area contributed by atoms with Gasteiger partial charge in [-0.15, -0.1) is 10.2 Å². The van der Waals surface area contributed by atoms with E-state index in [4.69, 9.17) is 0 Å². The molecular weight excluding hydrogens is 358 g/mol. The van der Waals surface area contributed by atoms with Crippen molar-refractivity contribution in [3.63, 3.8) is 0 Å². The summed E-state index contributed by atoms with van der Waals surface area (Å²) in [5.74, 6) is 0.841. The highest BCUT2D eigenvalue weighted by molar-refractivity contribution is 7.99. The summed E-state index contributed by atoms with van der Waals surface area (Å²) in [5.41, 5.74) is 5.64. The first-order chi connectivity index (χ1) is 13.2. The SMILES string of the molecule is CCn1c(SCC(=O)N/N=C\c2ccccc2C)nnc1-c1ccccc1. The van der Waals surface area contributed by atoms with Crippen LogP contribution in [0.15, 0.2) is 64.9 Å². The molecule has 6 nitrogen and oxygen atoms in total. The number of aryl methyl sites for hydroxylation is 1. The number of hydrogen-bond donors (Lipinski definition) is 1. The van der Waals surface area contributed by atoms with Crippen LogP contribution in [0.2, 0.25) is 0 Å². The quantitative estimate of drug-likeness (QED) is 0.387. The maximum atomic E-state index is 12.1. The number of rotatable bonds is 7. The molecule has 138 valence electrons. The van der Waals surface area contributed by atoms with Gasteiger partial charge < -0.3 is 4.57 Å². The number of hydrazone groups is 1. The van der Waals surface area contributed by atoms with Crippen molar-refractivity contribution in [2.24, 2.45) is 5.10 Å². The van der Waals surface area contributed by atoms with Crippen molar-refractivity contribution >= 4 is 23.9 Å². The molecule has 0 saturated carbocycles. The first kappa shape index (κ1) is 18.8. The van der Waals surface area contributed by atoms with E-state index in [1.807, 2.05) is 73.0 Å². The van der Waals surface area contributed by atoms with Crippen LogP contribution >= 0.6 is 11.8 Å². The first-order valence-corrected chi connectivity index (χ1v) is 9.66. The van der Waals surface area contributed by atoms with Crippen molar-refractivity contribution in [3.8, 4) is 11.4 Å². The molecule has 0 saturated heterocycles. The highest BCUT2D eigenvalue weighted by atomic mass is 32.2. The minimum atomic E-state index is -0.184. The zero-order valence-electron chi connectivity index (χ0n) is 15.3. The van der Waals surface area contributed by atoms with E-state index in [0.29, 0.717) is 0 Å². The van der Waals surface area contributed by atoms with Crippen molar-refractivity contribution in [2.75, 3.05) is 5.75 Å². The van der Waals surface area contributed by atoms with Crippen LogP contribution in [0.25, 0.3) is 11.4 Å². The zero-order valence-corrected chi connectivity index (χ0v) is 16.1. The molecule has 0 spiro atoms. The number of thioether (sulfide) groups is 1. The molecule has 0 radical (unpaired) electrons. The second-order valence-electron chi connectivity index (χ2n) is 5.85. The summed E-state index contributed by atoms with van der Waals surface area (Å²) in [7, 11) is 0. The Balaban J connectivity index is 1.59. The average Bonchev–Trinajstić information content (AvgIpc) is 3.11. The van der Waals surface area contributed by atoms with E-state index in [0.717, 1.165) is 34.2 Å². The third kappa shape index (κ3) is 4.83. The number of carbonyl (C=O) groups is 1.